The van der Waals surface area contributed by atoms with Gasteiger partial charge < -0.3 is 25.2 Å². The minimum absolute atomic E-state index is 0.210. The van der Waals surface area contributed by atoms with Crippen molar-refractivity contribution >= 4 is 34.6 Å². The molecule has 2 saturated heterocycles. The molecule has 0 saturated carbocycles. The number of para-hydroxylation sites is 1. The number of benzene rings is 3. The Hall–Kier alpha value is -5.88. The Kier molecular flexibility index (Phi) is 10.2. The van der Waals surface area contributed by atoms with Crippen LogP contribution in [0.2, 0.25) is 0 Å². The van der Waals surface area contributed by atoms with Crippen LogP contribution in [-0.4, -0.2) is 69.0 Å². The van der Waals surface area contributed by atoms with Gasteiger partial charge in [-0.2, -0.15) is 0 Å². The predicted octanol–water partition coefficient (Wildman–Crippen LogP) is 8.59. The average molecular weight is 729 g/mol. The van der Waals surface area contributed by atoms with E-state index < -0.39 is 23.2 Å². The summed E-state index contributed by atoms with van der Waals surface area (Å²) in [5, 5.41) is 5.76. The standard InChI is InChI=1S/C42H42F2N8O2/c1-2-54-36-27-31(51-24-18-30(19-25-51)50-21-5-3-6-22-50)15-16-34(36)46-42-45-20-17-35(47-42)40-38(48-37-14-4-7-23-52(37)40)28-10-8-11-29(26-28)41(53)49-39-32(43)12-9-13-33(39)44/h4,7-17,20,23,26-27,30H,2-3,5-6,18-19,21-22,24-25H2,1H3,(H,49,53)(H,45,46,47). The minimum Gasteiger partial charge on any atom is -0.492 e. The fraction of sp³-hybridized carbons (Fsp3) is 0.286. The van der Waals surface area contributed by atoms with Crippen LogP contribution in [0.1, 0.15) is 49.4 Å². The summed E-state index contributed by atoms with van der Waals surface area (Å²) in [6, 6.07) is 24.6. The van der Waals surface area contributed by atoms with Gasteiger partial charge in [-0.05, 0) is 100 Å². The summed E-state index contributed by atoms with van der Waals surface area (Å²) >= 11 is 0. The zero-order valence-electron chi connectivity index (χ0n) is 30.1. The number of hydrogen-bond acceptors (Lipinski definition) is 8. The molecule has 276 valence electrons. The number of hydrogen-bond donors (Lipinski definition) is 2. The molecule has 0 bridgehead atoms. The number of halogens is 2. The molecule has 8 rings (SSSR count). The predicted molar refractivity (Wildman–Crippen MR) is 208 cm³/mol. The summed E-state index contributed by atoms with van der Waals surface area (Å²) in [5.41, 5.74) is 4.74. The van der Waals surface area contributed by atoms with Crippen molar-refractivity contribution in [2.75, 3.05) is 48.3 Å². The Bertz CT molecular complexity index is 2260. The van der Waals surface area contributed by atoms with Crippen LogP contribution in [0.3, 0.4) is 0 Å². The summed E-state index contributed by atoms with van der Waals surface area (Å²) in [5.74, 6) is -1.27. The van der Waals surface area contributed by atoms with E-state index in [0.29, 0.717) is 46.9 Å². The maximum Gasteiger partial charge on any atom is 0.255 e. The molecule has 6 aromatic rings. The van der Waals surface area contributed by atoms with Crippen LogP contribution in [0.4, 0.5) is 31.8 Å². The fourth-order valence-corrected chi connectivity index (χ4v) is 7.58. The largest absolute Gasteiger partial charge is 0.492 e. The molecule has 2 aliphatic rings. The van der Waals surface area contributed by atoms with Crippen molar-refractivity contribution in [3.05, 3.63) is 115 Å². The number of likely N-dealkylation sites (tertiary alicyclic amines) is 1. The number of amides is 1. The molecule has 1 amide bonds. The molecule has 5 heterocycles. The van der Waals surface area contributed by atoms with E-state index in [1.807, 2.05) is 53.9 Å². The van der Waals surface area contributed by atoms with E-state index in [-0.39, 0.29) is 5.56 Å². The number of imidazole rings is 1. The van der Waals surface area contributed by atoms with Gasteiger partial charge in [0.1, 0.15) is 28.7 Å². The topological polar surface area (TPSA) is 99.9 Å². The molecule has 12 heteroatoms. The van der Waals surface area contributed by atoms with Crippen LogP contribution < -0.4 is 20.3 Å². The number of nitrogens with one attached hydrogen (secondary N) is 2. The van der Waals surface area contributed by atoms with Gasteiger partial charge in [0.2, 0.25) is 5.95 Å². The van der Waals surface area contributed by atoms with E-state index in [4.69, 9.17) is 14.7 Å². The van der Waals surface area contributed by atoms with Gasteiger partial charge in [0.15, 0.2) is 0 Å². The van der Waals surface area contributed by atoms with Crippen LogP contribution in [0, 0.1) is 11.6 Å². The first kappa shape index (κ1) is 35.2. The van der Waals surface area contributed by atoms with Gasteiger partial charge in [0.25, 0.3) is 5.91 Å². The van der Waals surface area contributed by atoms with E-state index >= 15 is 0 Å². The summed E-state index contributed by atoms with van der Waals surface area (Å²) in [6.07, 6.45) is 9.91. The number of carbonyl (C=O) groups is 1. The molecule has 2 fully saturated rings. The van der Waals surface area contributed by atoms with Crippen LogP contribution in [-0.2, 0) is 0 Å². The molecule has 54 heavy (non-hydrogen) atoms. The lowest BCUT2D eigenvalue weighted by Crippen LogP contribution is -2.46. The van der Waals surface area contributed by atoms with Gasteiger partial charge in [0, 0.05) is 54.4 Å². The van der Waals surface area contributed by atoms with Crippen molar-refractivity contribution in [1.82, 2.24) is 24.3 Å². The highest BCUT2D eigenvalue weighted by molar-refractivity contribution is 6.05. The quantitative estimate of drug-likeness (QED) is 0.145. The lowest BCUT2D eigenvalue weighted by Gasteiger charge is -2.41. The zero-order valence-corrected chi connectivity index (χ0v) is 30.1. The van der Waals surface area contributed by atoms with Crippen molar-refractivity contribution in [3.8, 4) is 28.4 Å². The summed E-state index contributed by atoms with van der Waals surface area (Å²) in [4.78, 5) is 32.7. The van der Waals surface area contributed by atoms with Gasteiger partial charge in [-0.1, -0.05) is 30.7 Å². The number of pyridine rings is 1. The molecule has 2 N–H and O–H groups in total. The molecule has 3 aromatic carbocycles. The molecule has 0 unspecified atom stereocenters. The molecule has 2 aliphatic heterocycles. The third kappa shape index (κ3) is 7.34. The Morgan fingerprint density at radius 2 is 1.67 bits per heavy atom. The van der Waals surface area contributed by atoms with Crippen LogP contribution in [0.5, 0.6) is 5.75 Å². The second-order valence-electron chi connectivity index (χ2n) is 13.7. The van der Waals surface area contributed by atoms with Crippen molar-refractivity contribution in [1.29, 1.82) is 0 Å². The van der Waals surface area contributed by atoms with Crippen molar-refractivity contribution in [2.24, 2.45) is 0 Å². The smallest absolute Gasteiger partial charge is 0.255 e. The van der Waals surface area contributed by atoms with Gasteiger partial charge in [-0.3, -0.25) is 9.20 Å². The highest BCUT2D eigenvalue weighted by Crippen LogP contribution is 2.36. The number of rotatable bonds is 10. The van der Waals surface area contributed by atoms with Crippen LogP contribution >= 0.6 is 0 Å². The number of ether oxygens (including phenoxy) is 1. The zero-order chi connectivity index (χ0) is 37.0. The van der Waals surface area contributed by atoms with Crippen molar-refractivity contribution in [3.63, 3.8) is 0 Å². The highest BCUT2D eigenvalue weighted by atomic mass is 19.1. The van der Waals surface area contributed by atoms with Gasteiger partial charge in [-0.15, -0.1) is 0 Å². The summed E-state index contributed by atoms with van der Waals surface area (Å²) < 4.78 is 36.7. The lowest BCUT2D eigenvalue weighted by atomic mass is 9.99. The maximum atomic E-state index is 14.3. The van der Waals surface area contributed by atoms with Crippen LogP contribution in [0.15, 0.2) is 97.3 Å². The molecule has 0 radical (unpaired) electrons. The molecule has 0 aliphatic carbocycles. The Morgan fingerprint density at radius 3 is 2.46 bits per heavy atom. The first-order valence-corrected chi connectivity index (χ1v) is 18.6. The summed E-state index contributed by atoms with van der Waals surface area (Å²) in [6.45, 7) is 6.98. The first-order chi connectivity index (χ1) is 26.4. The molecule has 3 aromatic heterocycles. The monoisotopic (exact) mass is 728 g/mol. The summed E-state index contributed by atoms with van der Waals surface area (Å²) in [7, 11) is 0. The number of carbonyl (C=O) groups excluding carboxylic acids is 1. The van der Waals surface area contributed by atoms with Gasteiger partial charge in [0.05, 0.1) is 29.4 Å². The van der Waals surface area contributed by atoms with Crippen LogP contribution in [0.25, 0.3) is 28.3 Å². The molecule has 0 atom stereocenters. The molecule has 10 nitrogen and oxygen atoms in total. The van der Waals surface area contributed by atoms with Crippen molar-refractivity contribution in [2.45, 2.75) is 45.1 Å². The molecular weight excluding hydrogens is 687 g/mol. The van der Waals surface area contributed by atoms with E-state index in [1.165, 1.54) is 51.3 Å². The fourth-order valence-electron chi connectivity index (χ4n) is 7.58. The normalized spacial score (nSPS) is 15.4. The van der Waals surface area contributed by atoms with E-state index in [0.717, 1.165) is 42.3 Å². The third-order valence-corrected chi connectivity index (χ3v) is 10.3. The number of fused-ring (bicyclic) bond motifs is 1. The average Bonchev–Trinajstić information content (AvgIpc) is 3.61. The number of aromatic nitrogens is 4. The maximum absolute atomic E-state index is 14.3. The number of piperidine rings is 2. The SMILES string of the molecule is CCOc1cc(N2CCC(N3CCCCC3)CC2)ccc1Nc1nccc(-c2c(-c3cccc(C(=O)Nc4c(F)cccc4F)c3)nc3ccccn23)n1. The van der Waals surface area contributed by atoms with E-state index in [1.54, 1.807) is 24.4 Å². The number of nitrogens with zero attached hydrogens (tertiary/aromatic N) is 6. The van der Waals surface area contributed by atoms with E-state index in [2.05, 4.69) is 37.6 Å². The second-order valence-corrected chi connectivity index (χ2v) is 13.7. The minimum atomic E-state index is -0.858. The van der Waals surface area contributed by atoms with Crippen molar-refractivity contribution < 1.29 is 18.3 Å². The second kappa shape index (κ2) is 15.6. The van der Waals surface area contributed by atoms with E-state index in [9.17, 15) is 13.6 Å². The first-order valence-electron chi connectivity index (χ1n) is 18.6. The Labute approximate surface area is 312 Å². The third-order valence-electron chi connectivity index (χ3n) is 10.3. The molecule has 0 spiro atoms. The molecular formula is C42H42F2N8O2. The Balaban J connectivity index is 1.06. The van der Waals surface area contributed by atoms with Gasteiger partial charge in [-0.25, -0.2) is 23.7 Å². The highest BCUT2D eigenvalue weighted by Gasteiger charge is 2.26. The number of anilines is 4. The van der Waals surface area contributed by atoms with Gasteiger partial charge >= 0.3 is 0 Å². The lowest BCUT2D eigenvalue weighted by molar-refractivity contribution is 0.102. The Morgan fingerprint density at radius 1 is 0.870 bits per heavy atom.